The molecule has 0 unspecified atom stereocenters. The minimum atomic E-state index is -4.82. The van der Waals surface area contributed by atoms with E-state index in [9.17, 15) is 26.0 Å². The minimum Gasteiger partial charge on any atom is -0.494 e. The molecule has 0 fully saturated rings. The van der Waals surface area contributed by atoms with Crippen LogP contribution in [0.5, 0.6) is 5.75 Å². The second kappa shape index (κ2) is 7.47. The molecule has 0 N–H and O–H groups in total. The van der Waals surface area contributed by atoms with Gasteiger partial charge in [0, 0.05) is 17.9 Å². The molecule has 0 atom stereocenters. The molecule has 0 radical (unpaired) electrons. The number of halogens is 4. The maximum Gasteiger partial charge on any atom is 0.453 e. The summed E-state index contributed by atoms with van der Waals surface area (Å²) in [4.78, 5) is 2.98. The first-order chi connectivity index (χ1) is 13.5. The summed E-state index contributed by atoms with van der Waals surface area (Å²) in [5.41, 5.74) is 0.172. The Bertz CT molecular complexity index is 1140. The van der Waals surface area contributed by atoms with E-state index in [1.165, 1.54) is 12.1 Å². The van der Waals surface area contributed by atoms with Gasteiger partial charge >= 0.3 is 6.18 Å². The Balaban J connectivity index is 2.15. The van der Waals surface area contributed by atoms with Crippen LogP contribution in [0.15, 0.2) is 47.4 Å². The van der Waals surface area contributed by atoms with Gasteiger partial charge < -0.3 is 4.74 Å². The SMILES string of the molecule is CCOc1ccc(-c2nc(C(F)(F)F)nn2-c2ccc(S(C)(=O)=O)c(F)c2)cc1. The van der Waals surface area contributed by atoms with Crippen LogP contribution in [0.3, 0.4) is 0 Å². The Morgan fingerprint density at radius 3 is 2.28 bits per heavy atom. The highest BCUT2D eigenvalue weighted by molar-refractivity contribution is 7.90. The number of rotatable bonds is 5. The quantitative estimate of drug-likeness (QED) is 0.576. The van der Waals surface area contributed by atoms with Crippen molar-refractivity contribution in [2.24, 2.45) is 0 Å². The van der Waals surface area contributed by atoms with Crippen molar-refractivity contribution in [3.05, 3.63) is 54.1 Å². The average Bonchev–Trinajstić information content (AvgIpc) is 3.07. The van der Waals surface area contributed by atoms with Crippen molar-refractivity contribution in [3.8, 4) is 22.8 Å². The zero-order valence-electron chi connectivity index (χ0n) is 15.2. The molecule has 29 heavy (non-hydrogen) atoms. The third-order valence-electron chi connectivity index (χ3n) is 3.84. The summed E-state index contributed by atoms with van der Waals surface area (Å²) < 4.78 is 83.0. The molecule has 1 aromatic heterocycles. The van der Waals surface area contributed by atoms with E-state index in [2.05, 4.69) is 10.1 Å². The molecular formula is C18H15F4N3O3S. The first-order valence-corrected chi connectivity index (χ1v) is 10.2. The molecule has 0 aliphatic carbocycles. The van der Waals surface area contributed by atoms with Crippen molar-refractivity contribution >= 4 is 9.84 Å². The molecule has 6 nitrogen and oxygen atoms in total. The smallest absolute Gasteiger partial charge is 0.453 e. The fourth-order valence-corrected chi connectivity index (χ4v) is 3.32. The molecule has 0 saturated heterocycles. The Kier molecular flexibility index (Phi) is 5.35. The van der Waals surface area contributed by atoms with Crippen LogP contribution >= 0.6 is 0 Å². The Labute approximate surface area is 163 Å². The van der Waals surface area contributed by atoms with E-state index in [1.54, 1.807) is 19.1 Å². The molecule has 154 valence electrons. The van der Waals surface area contributed by atoms with E-state index in [0.717, 1.165) is 29.1 Å². The monoisotopic (exact) mass is 429 g/mol. The van der Waals surface area contributed by atoms with Crippen LogP contribution in [-0.2, 0) is 16.0 Å². The lowest BCUT2D eigenvalue weighted by Crippen LogP contribution is -2.09. The first-order valence-electron chi connectivity index (χ1n) is 8.28. The summed E-state index contributed by atoms with van der Waals surface area (Å²) in [6.45, 7) is 2.20. The van der Waals surface area contributed by atoms with Crippen molar-refractivity contribution in [2.45, 2.75) is 18.0 Å². The van der Waals surface area contributed by atoms with Crippen molar-refractivity contribution in [1.29, 1.82) is 0 Å². The van der Waals surface area contributed by atoms with Gasteiger partial charge in [-0.25, -0.2) is 22.5 Å². The zero-order valence-corrected chi connectivity index (χ0v) is 16.1. The number of nitrogens with zero attached hydrogens (tertiary/aromatic N) is 3. The predicted octanol–water partition coefficient (Wildman–Crippen LogP) is 3.89. The van der Waals surface area contributed by atoms with Crippen LogP contribution in [-0.4, -0.2) is 36.0 Å². The Morgan fingerprint density at radius 1 is 1.10 bits per heavy atom. The highest BCUT2D eigenvalue weighted by Crippen LogP contribution is 2.31. The highest BCUT2D eigenvalue weighted by Gasteiger charge is 2.37. The Morgan fingerprint density at radius 2 is 1.76 bits per heavy atom. The van der Waals surface area contributed by atoms with Gasteiger partial charge in [-0.1, -0.05) is 0 Å². The summed E-state index contributed by atoms with van der Waals surface area (Å²) in [7, 11) is -3.84. The van der Waals surface area contributed by atoms with Crippen LogP contribution in [0.1, 0.15) is 12.7 Å². The summed E-state index contributed by atoms with van der Waals surface area (Å²) in [6.07, 6.45) is -4.00. The van der Waals surface area contributed by atoms with Gasteiger partial charge in [0.2, 0.25) is 0 Å². The van der Waals surface area contributed by atoms with E-state index in [-0.39, 0.29) is 17.1 Å². The number of alkyl halides is 3. The van der Waals surface area contributed by atoms with Gasteiger partial charge in [0.1, 0.15) is 16.5 Å². The largest absolute Gasteiger partial charge is 0.494 e. The van der Waals surface area contributed by atoms with Gasteiger partial charge in [-0.05, 0) is 43.3 Å². The molecule has 0 spiro atoms. The van der Waals surface area contributed by atoms with Crippen molar-refractivity contribution in [1.82, 2.24) is 14.8 Å². The molecule has 0 saturated carbocycles. The van der Waals surface area contributed by atoms with Gasteiger partial charge in [0.15, 0.2) is 15.7 Å². The van der Waals surface area contributed by atoms with Gasteiger partial charge in [-0.15, -0.1) is 5.10 Å². The number of aromatic nitrogens is 3. The summed E-state index contributed by atoms with van der Waals surface area (Å²) in [5, 5.41) is 3.45. The van der Waals surface area contributed by atoms with E-state index < -0.39 is 32.6 Å². The highest BCUT2D eigenvalue weighted by atomic mass is 32.2. The van der Waals surface area contributed by atoms with Crippen molar-refractivity contribution in [3.63, 3.8) is 0 Å². The fraction of sp³-hybridized carbons (Fsp3) is 0.222. The van der Waals surface area contributed by atoms with Gasteiger partial charge in [0.25, 0.3) is 5.82 Å². The molecule has 1 heterocycles. The fourth-order valence-electron chi connectivity index (χ4n) is 2.59. The zero-order chi connectivity index (χ0) is 21.4. The van der Waals surface area contributed by atoms with Crippen LogP contribution in [0, 0.1) is 5.82 Å². The third kappa shape index (κ3) is 4.39. The van der Waals surface area contributed by atoms with Crippen molar-refractivity contribution < 1.29 is 30.7 Å². The number of sulfone groups is 1. The molecule has 11 heteroatoms. The average molecular weight is 429 g/mol. The Hall–Kier alpha value is -2.95. The maximum absolute atomic E-state index is 14.3. The maximum atomic E-state index is 14.3. The summed E-state index contributed by atoms with van der Waals surface area (Å²) in [5.74, 6) is -2.19. The van der Waals surface area contributed by atoms with Gasteiger partial charge in [-0.3, -0.25) is 0 Å². The molecule has 0 amide bonds. The minimum absolute atomic E-state index is 0.109. The molecule has 0 aliphatic rings. The molecular weight excluding hydrogens is 414 g/mol. The van der Waals surface area contributed by atoms with Crippen LogP contribution < -0.4 is 4.74 Å². The molecule has 0 bridgehead atoms. The van der Waals surface area contributed by atoms with E-state index >= 15 is 0 Å². The standard InChI is InChI=1S/C18H15F4N3O3S/c1-3-28-13-7-4-11(5-8-13)16-23-17(18(20,21)22)24-25(16)12-6-9-15(14(19)10-12)29(2,26)27/h4-10H,3H2,1-2H3. The number of benzene rings is 2. The second-order valence-corrected chi connectivity index (χ2v) is 8.00. The molecule has 3 rings (SSSR count). The van der Waals surface area contributed by atoms with Crippen LogP contribution in [0.2, 0.25) is 0 Å². The number of hydrogen-bond acceptors (Lipinski definition) is 5. The number of hydrogen-bond donors (Lipinski definition) is 0. The lowest BCUT2D eigenvalue weighted by molar-refractivity contribution is -0.144. The summed E-state index contributed by atoms with van der Waals surface area (Å²) >= 11 is 0. The second-order valence-electron chi connectivity index (χ2n) is 6.01. The molecule has 3 aromatic rings. The molecule has 0 aliphatic heterocycles. The van der Waals surface area contributed by atoms with Gasteiger partial charge in [0.05, 0.1) is 12.3 Å². The topological polar surface area (TPSA) is 74.1 Å². The molecule has 2 aromatic carbocycles. The predicted molar refractivity (Wildman–Crippen MR) is 96.0 cm³/mol. The lowest BCUT2D eigenvalue weighted by Gasteiger charge is -2.09. The van der Waals surface area contributed by atoms with E-state index in [4.69, 9.17) is 4.74 Å². The summed E-state index contributed by atoms with van der Waals surface area (Å²) in [6, 6.07) is 9.02. The van der Waals surface area contributed by atoms with Crippen LogP contribution in [0.25, 0.3) is 17.1 Å². The van der Waals surface area contributed by atoms with Gasteiger partial charge in [-0.2, -0.15) is 13.2 Å². The normalized spacial score (nSPS) is 12.2. The van der Waals surface area contributed by atoms with Crippen molar-refractivity contribution in [2.75, 3.05) is 12.9 Å². The van der Waals surface area contributed by atoms with E-state index in [0.29, 0.717) is 12.4 Å². The third-order valence-corrected chi connectivity index (χ3v) is 4.97. The van der Waals surface area contributed by atoms with Crippen LogP contribution in [0.4, 0.5) is 17.6 Å². The van der Waals surface area contributed by atoms with E-state index in [1.807, 2.05) is 0 Å². The first kappa shape index (κ1) is 20.8. The lowest BCUT2D eigenvalue weighted by atomic mass is 10.2. The number of ether oxygens (including phenoxy) is 1.